The molecule has 6 heteroatoms. The molecular weight excluding hydrogens is 258 g/mol. The van der Waals surface area contributed by atoms with E-state index in [9.17, 15) is 14.7 Å². The Kier molecular flexibility index (Phi) is 2.64. The monoisotopic (exact) mass is 269 g/mol. The van der Waals surface area contributed by atoms with Gasteiger partial charge in [-0.2, -0.15) is 0 Å². The van der Waals surface area contributed by atoms with E-state index in [1.165, 1.54) is 6.92 Å². The van der Waals surface area contributed by atoms with Crippen molar-refractivity contribution >= 4 is 10.9 Å². The summed E-state index contributed by atoms with van der Waals surface area (Å²) in [7, 11) is 0. The maximum Gasteiger partial charge on any atom is 0.335 e. The molecule has 0 aliphatic carbocycles. The van der Waals surface area contributed by atoms with Gasteiger partial charge in [0.15, 0.2) is 0 Å². The first-order valence-corrected chi connectivity index (χ1v) is 5.98. The van der Waals surface area contributed by atoms with Crippen molar-refractivity contribution in [2.45, 2.75) is 6.92 Å². The van der Waals surface area contributed by atoms with Gasteiger partial charge in [-0.3, -0.25) is 14.8 Å². The van der Waals surface area contributed by atoms with E-state index in [2.05, 4.69) is 9.97 Å². The second-order valence-corrected chi connectivity index (χ2v) is 4.39. The molecule has 6 nitrogen and oxygen atoms in total. The van der Waals surface area contributed by atoms with E-state index in [-0.39, 0.29) is 11.4 Å². The predicted octanol–water partition coefficient (Wildman–Crippen LogP) is 1.09. The second kappa shape index (κ2) is 4.34. The van der Waals surface area contributed by atoms with Gasteiger partial charge in [0.2, 0.25) is 5.88 Å². The van der Waals surface area contributed by atoms with Gasteiger partial charge in [0.05, 0.1) is 16.8 Å². The van der Waals surface area contributed by atoms with Crippen LogP contribution in [-0.4, -0.2) is 19.6 Å². The number of aromatic nitrogens is 3. The molecule has 0 spiro atoms. The molecular formula is C14H11N3O3. The van der Waals surface area contributed by atoms with Crippen molar-refractivity contribution in [2.24, 2.45) is 0 Å². The lowest BCUT2D eigenvalue weighted by Crippen LogP contribution is -2.30. The lowest BCUT2D eigenvalue weighted by molar-refractivity contribution is 0.426. The van der Waals surface area contributed by atoms with Crippen molar-refractivity contribution in [3.63, 3.8) is 0 Å². The number of rotatable bonds is 1. The minimum atomic E-state index is -0.686. The van der Waals surface area contributed by atoms with Gasteiger partial charge in [-0.1, -0.05) is 6.07 Å². The molecule has 3 rings (SSSR count). The molecule has 0 aliphatic heterocycles. The Labute approximate surface area is 113 Å². The smallest absolute Gasteiger partial charge is 0.335 e. The maximum absolute atomic E-state index is 12.0. The number of fused-ring (bicyclic) bond motifs is 1. The van der Waals surface area contributed by atoms with Crippen LogP contribution in [0.15, 0.2) is 46.1 Å². The van der Waals surface area contributed by atoms with Gasteiger partial charge >= 0.3 is 5.69 Å². The normalized spacial score (nSPS) is 10.8. The fourth-order valence-corrected chi connectivity index (χ4v) is 2.12. The zero-order valence-electron chi connectivity index (χ0n) is 10.6. The van der Waals surface area contributed by atoms with E-state index in [0.717, 1.165) is 4.57 Å². The van der Waals surface area contributed by atoms with Crippen molar-refractivity contribution in [3.05, 3.63) is 62.9 Å². The highest BCUT2D eigenvalue weighted by atomic mass is 16.3. The molecule has 0 aliphatic rings. The maximum atomic E-state index is 12.0. The van der Waals surface area contributed by atoms with Crippen LogP contribution in [0.3, 0.4) is 0 Å². The van der Waals surface area contributed by atoms with Crippen molar-refractivity contribution in [1.29, 1.82) is 0 Å². The number of hydrogen-bond acceptors (Lipinski definition) is 4. The van der Waals surface area contributed by atoms with Gasteiger partial charge in [0, 0.05) is 11.6 Å². The van der Waals surface area contributed by atoms with Gasteiger partial charge in [0.1, 0.15) is 0 Å². The molecule has 100 valence electrons. The summed E-state index contributed by atoms with van der Waals surface area (Å²) in [5, 5.41) is 10.8. The van der Waals surface area contributed by atoms with E-state index in [0.29, 0.717) is 16.6 Å². The Bertz CT molecular complexity index is 920. The summed E-state index contributed by atoms with van der Waals surface area (Å²) < 4.78 is 1.07. The van der Waals surface area contributed by atoms with Gasteiger partial charge in [-0.05, 0) is 31.2 Å². The third-order valence-corrected chi connectivity index (χ3v) is 3.17. The number of pyridine rings is 1. The Morgan fingerprint density at radius 2 is 2.00 bits per heavy atom. The van der Waals surface area contributed by atoms with Crippen LogP contribution in [0.1, 0.15) is 5.56 Å². The van der Waals surface area contributed by atoms with Crippen LogP contribution in [0.25, 0.3) is 16.6 Å². The number of hydrogen-bond donors (Lipinski definition) is 2. The zero-order chi connectivity index (χ0) is 14.3. The lowest BCUT2D eigenvalue weighted by Gasteiger charge is -2.11. The first-order chi connectivity index (χ1) is 9.59. The van der Waals surface area contributed by atoms with Gasteiger partial charge in [0.25, 0.3) is 5.56 Å². The molecule has 0 amide bonds. The summed E-state index contributed by atoms with van der Waals surface area (Å²) in [5.74, 6) is -0.366. The molecule has 0 bridgehead atoms. The van der Waals surface area contributed by atoms with Crippen LogP contribution >= 0.6 is 0 Å². The molecule has 0 fully saturated rings. The molecule has 2 aromatic heterocycles. The lowest BCUT2D eigenvalue weighted by atomic mass is 10.1. The highest BCUT2D eigenvalue weighted by Crippen LogP contribution is 2.23. The fourth-order valence-electron chi connectivity index (χ4n) is 2.12. The number of aromatic amines is 1. The molecule has 1 aromatic carbocycles. The standard InChI is InChI=1S/C14H11N3O3/c1-8-12(18)16-14(20)17(13(8)19)11-6-2-5-10-9(11)4-3-7-15-10/h2-7,19H,1H3,(H,16,18,20). The first kappa shape index (κ1) is 12.2. The van der Waals surface area contributed by atoms with E-state index < -0.39 is 11.2 Å². The molecule has 0 saturated carbocycles. The Morgan fingerprint density at radius 3 is 2.80 bits per heavy atom. The van der Waals surface area contributed by atoms with Crippen LogP contribution in [0.4, 0.5) is 0 Å². The average Bonchev–Trinajstić information content (AvgIpc) is 2.45. The Morgan fingerprint density at radius 1 is 1.20 bits per heavy atom. The largest absolute Gasteiger partial charge is 0.494 e. The molecule has 3 aromatic rings. The van der Waals surface area contributed by atoms with Gasteiger partial charge in [-0.15, -0.1) is 0 Å². The van der Waals surface area contributed by atoms with Crippen LogP contribution in [0, 0.1) is 6.92 Å². The summed E-state index contributed by atoms with van der Waals surface area (Å²) in [4.78, 5) is 29.8. The number of nitrogens with one attached hydrogen (secondary N) is 1. The van der Waals surface area contributed by atoms with Crippen LogP contribution in [-0.2, 0) is 0 Å². The fraction of sp³-hybridized carbons (Fsp3) is 0.0714. The topological polar surface area (TPSA) is 88.0 Å². The number of nitrogens with zero attached hydrogens (tertiary/aromatic N) is 2. The van der Waals surface area contributed by atoms with Crippen LogP contribution in [0.5, 0.6) is 5.88 Å². The molecule has 2 N–H and O–H groups in total. The Hall–Kier alpha value is -2.89. The van der Waals surface area contributed by atoms with Gasteiger partial charge in [-0.25, -0.2) is 9.36 Å². The van der Waals surface area contributed by atoms with E-state index in [1.807, 2.05) is 0 Å². The zero-order valence-corrected chi connectivity index (χ0v) is 10.6. The quantitative estimate of drug-likeness (QED) is 0.692. The third-order valence-electron chi connectivity index (χ3n) is 3.17. The number of H-pyrrole nitrogens is 1. The second-order valence-electron chi connectivity index (χ2n) is 4.39. The van der Waals surface area contributed by atoms with E-state index in [1.54, 1.807) is 36.5 Å². The molecule has 0 atom stereocenters. The summed E-state index contributed by atoms with van der Waals surface area (Å²) in [6.07, 6.45) is 1.65. The van der Waals surface area contributed by atoms with Crippen LogP contribution in [0.2, 0.25) is 0 Å². The Balaban J connectivity index is 2.47. The highest BCUT2D eigenvalue weighted by molar-refractivity contribution is 5.87. The SMILES string of the molecule is Cc1c(O)n(-c2cccc3ncccc23)c(=O)[nH]c1=O. The molecule has 20 heavy (non-hydrogen) atoms. The van der Waals surface area contributed by atoms with E-state index >= 15 is 0 Å². The number of aromatic hydroxyl groups is 1. The van der Waals surface area contributed by atoms with Gasteiger partial charge < -0.3 is 5.11 Å². The summed E-state index contributed by atoms with van der Waals surface area (Å²) in [6, 6.07) is 8.76. The van der Waals surface area contributed by atoms with Crippen molar-refractivity contribution in [1.82, 2.24) is 14.5 Å². The van der Waals surface area contributed by atoms with Crippen LogP contribution < -0.4 is 11.2 Å². The molecule has 0 unspecified atom stereocenters. The molecule has 0 radical (unpaired) electrons. The predicted molar refractivity (Wildman–Crippen MR) is 74.4 cm³/mol. The molecule has 2 heterocycles. The van der Waals surface area contributed by atoms with Crippen molar-refractivity contribution in [2.75, 3.05) is 0 Å². The first-order valence-electron chi connectivity index (χ1n) is 5.98. The summed E-state index contributed by atoms with van der Waals surface area (Å²) in [5.41, 5.74) is -0.0281. The minimum absolute atomic E-state index is 0.0884. The number of benzene rings is 1. The van der Waals surface area contributed by atoms with Crippen molar-refractivity contribution < 1.29 is 5.11 Å². The highest BCUT2D eigenvalue weighted by Gasteiger charge is 2.14. The van der Waals surface area contributed by atoms with E-state index in [4.69, 9.17) is 0 Å². The summed E-state index contributed by atoms with van der Waals surface area (Å²) in [6.45, 7) is 1.45. The summed E-state index contributed by atoms with van der Waals surface area (Å²) >= 11 is 0. The molecule has 0 saturated heterocycles. The third kappa shape index (κ3) is 1.70. The minimum Gasteiger partial charge on any atom is -0.494 e. The van der Waals surface area contributed by atoms with Crippen molar-refractivity contribution in [3.8, 4) is 11.6 Å². The average molecular weight is 269 g/mol.